The van der Waals surface area contributed by atoms with Gasteiger partial charge in [-0.1, -0.05) is 0 Å². The lowest BCUT2D eigenvalue weighted by molar-refractivity contribution is 0.0862. The number of sulfone groups is 1. The molecule has 1 aliphatic carbocycles. The number of likely N-dealkylation sites (tertiary alicyclic amines) is 1. The highest BCUT2D eigenvalue weighted by Gasteiger charge is 2.34. The van der Waals surface area contributed by atoms with Crippen molar-refractivity contribution in [2.45, 2.75) is 42.6 Å². The van der Waals surface area contributed by atoms with Crippen LogP contribution < -0.4 is 9.47 Å². The summed E-state index contributed by atoms with van der Waals surface area (Å²) in [5.74, 6) is -0.305. The van der Waals surface area contributed by atoms with Crippen molar-refractivity contribution in [2.24, 2.45) is 0 Å². The lowest BCUT2D eigenvalue weighted by Gasteiger charge is -2.30. The predicted octanol–water partition coefficient (Wildman–Crippen LogP) is 3.21. The van der Waals surface area contributed by atoms with Gasteiger partial charge in [-0.2, -0.15) is 0 Å². The fourth-order valence-corrected chi connectivity index (χ4v) is 4.12. The van der Waals surface area contributed by atoms with Crippen LogP contribution >= 0.6 is 0 Å². The number of hydrogen-bond acceptors (Lipinski definition) is 7. The Morgan fingerprint density at radius 2 is 1.84 bits per heavy atom. The number of nitrogens with zero attached hydrogens (tertiary/aromatic N) is 3. The molecule has 9 nitrogen and oxygen atoms in total. The summed E-state index contributed by atoms with van der Waals surface area (Å²) in [7, 11) is -3.54. The molecule has 1 aliphatic heterocycles. The lowest BCUT2D eigenvalue weighted by atomic mass is 10.1. The third-order valence-electron chi connectivity index (χ3n) is 5.33. The fourth-order valence-electron chi connectivity index (χ4n) is 3.48. The van der Waals surface area contributed by atoms with Gasteiger partial charge in [0.15, 0.2) is 21.4 Å². The Morgan fingerprint density at radius 1 is 1.16 bits per heavy atom. The number of benzene rings is 1. The maximum absolute atomic E-state index is 14.5. The Hall–Kier alpha value is -2.95. The largest absolute Gasteiger partial charge is 0.474 e. The minimum absolute atomic E-state index is 0.128. The first-order valence-corrected chi connectivity index (χ1v) is 11.8. The van der Waals surface area contributed by atoms with Gasteiger partial charge in [0.25, 0.3) is 0 Å². The van der Waals surface area contributed by atoms with Crippen molar-refractivity contribution >= 4 is 15.9 Å². The molecule has 0 radical (unpaired) electrons. The zero-order valence-corrected chi connectivity index (χ0v) is 17.6. The molecule has 166 valence electrons. The summed E-state index contributed by atoms with van der Waals surface area (Å²) in [4.78, 5) is 20.7. The minimum atomic E-state index is -3.54. The number of carbonyl (C=O) groups is 1. The molecule has 0 atom stereocenters. The van der Waals surface area contributed by atoms with Crippen molar-refractivity contribution in [3.63, 3.8) is 0 Å². The van der Waals surface area contributed by atoms with Crippen LogP contribution in [-0.2, 0) is 9.84 Å². The van der Waals surface area contributed by atoms with Crippen molar-refractivity contribution in [2.75, 3.05) is 19.3 Å². The molecule has 1 saturated heterocycles. The van der Waals surface area contributed by atoms with Gasteiger partial charge in [-0.25, -0.2) is 27.6 Å². The average Bonchev–Trinajstić information content (AvgIpc) is 3.54. The predicted molar refractivity (Wildman–Crippen MR) is 107 cm³/mol. The topological polar surface area (TPSA) is 119 Å². The zero-order valence-electron chi connectivity index (χ0n) is 16.8. The number of amides is 1. The van der Waals surface area contributed by atoms with Crippen LogP contribution in [-0.4, -0.2) is 59.9 Å². The van der Waals surface area contributed by atoms with E-state index >= 15 is 0 Å². The van der Waals surface area contributed by atoms with Gasteiger partial charge in [-0.05, 0) is 37.0 Å². The maximum atomic E-state index is 14.5. The van der Waals surface area contributed by atoms with Gasteiger partial charge in [0.1, 0.15) is 12.4 Å². The maximum Gasteiger partial charge on any atom is 0.407 e. The molecule has 1 saturated carbocycles. The van der Waals surface area contributed by atoms with Gasteiger partial charge in [-0.15, -0.1) is 0 Å². The van der Waals surface area contributed by atoms with Crippen LogP contribution in [0.3, 0.4) is 0 Å². The molecular formula is C20H22FN3O6S. The van der Waals surface area contributed by atoms with E-state index in [4.69, 9.17) is 14.6 Å². The summed E-state index contributed by atoms with van der Waals surface area (Å²) in [6.45, 7) is 0.760. The molecular weight excluding hydrogens is 429 g/mol. The monoisotopic (exact) mass is 451 g/mol. The van der Waals surface area contributed by atoms with Crippen molar-refractivity contribution in [1.29, 1.82) is 0 Å². The average molecular weight is 451 g/mol. The SMILES string of the molecule is CS(=O)(=O)c1ccc(Oc2ncnc(OC3CCN(C(=O)O)CC3)c2C2CC2)c(F)c1. The molecule has 2 heterocycles. The number of halogens is 1. The van der Waals surface area contributed by atoms with Crippen LogP contribution in [0.5, 0.6) is 17.5 Å². The Balaban J connectivity index is 1.55. The Morgan fingerprint density at radius 3 is 2.42 bits per heavy atom. The van der Waals surface area contributed by atoms with E-state index in [1.54, 1.807) is 0 Å². The second-order valence-electron chi connectivity index (χ2n) is 7.73. The van der Waals surface area contributed by atoms with Crippen LogP contribution in [0, 0.1) is 5.82 Å². The standard InChI is InChI=1S/C20H22FN3O6S/c1-31(27,28)14-4-5-16(15(21)10-14)30-19-17(12-2-3-12)18(22-11-23-19)29-13-6-8-24(9-7-13)20(25)26/h4-5,10-13H,2-3,6-9H2,1H3,(H,25,26). The van der Waals surface area contributed by atoms with Crippen LogP contribution in [0.2, 0.25) is 0 Å². The Kier molecular flexibility index (Phi) is 5.69. The van der Waals surface area contributed by atoms with Crippen LogP contribution in [0.25, 0.3) is 0 Å². The van der Waals surface area contributed by atoms with Crippen molar-refractivity contribution in [3.8, 4) is 17.5 Å². The van der Waals surface area contributed by atoms with E-state index in [-0.39, 0.29) is 28.5 Å². The van der Waals surface area contributed by atoms with Gasteiger partial charge in [-0.3, -0.25) is 0 Å². The van der Waals surface area contributed by atoms with Crippen LogP contribution in [0.15, 0.2) is 29.4 Å². The van der Waals surface area contributed by atoms with Crippen molar-refractivity contribution in [3.05, 3.63) is 35.9 Å². The number of ether oxygens (including phenoxy) is 2. The number of aromatic nitrogens is 2. The molecule has 1 amide bonds. The van der Waals surface area contributed by atoms with E-state index in [1.807, 2.05) is 0 Å². The highest BCUT2D eigenvalue weighted by molar-refractivity contribution is 7.90. The van der Waals surface area contributed by atoms with Crippen molar-refractivity contribution < 1.29 is 32.2 Å². The van der Waals surface area contributed by atoms with Crippen molar-refractivity contribution in [1.82, 2.24) is 14.9 Å². The number of rotatable bonds is 6. The van der Waals surface area contributed by atoms with Crippen LogP contribution in [0.1, 0.15) is 37.2 Å². The second kappa shape index (κ2) is 8.29. The first-order chi connectivity index (χ1) is 14.7. The molecule has 0 unspecified atom stereocenters. The molecule has 4 rings (SSSR count). The van der Waals surface area contributed by atoms with Gasteiger partial charge in [0.05, 0.1) is 10.5 Å². The van der Waals surface area contributed by atoms with Gasteiger partial charge >= 0.3 is 6.09 Å². The van der Waals surface area contributed by atoms with E-state index < -0.39 is 21.7 Å². The summed E-state index contributed by atoms with van der Waals surface area (Å²) in [6.07, 6.45) is 4.00. The smallest absolute Gasteiger partial charge is 0.407 e. The molecule has 1 aromatic carbocycles. The minimum Gasteiger partial charge on any atom is -0.474 e. The summed E-state index contributed by atoms with van der Waals surface area (Å²) in [5, 5.41) is 9.08. The summed E-state index contributed by atoms with van der Waals surface area (Å²) in [6, 6.07) is 3.45. The molecule has 2 fully saturated rings. The quantitative estimate of drug-likeness (QED) is 0.711. The molecule has 1 N–H and O–H groups in total. The first kappa shape index (κ1) is 21.3. The number of hydrogen-bond donors (Lipinski definition) is 1. The Bertz CT molecular complexity index is 1100. The first-order valence-electron chi connectivity index (χ1n) is 9.89. The highest BCUT2D eigenvalue weighted by Crippen LogP contribution is 2.48. The van der Waals surface area contributed by atoms with Gasteiger partial charge in [0.2, 0.25) is 11.8 Å². The molecule has 2 aliphatic rings. The fraction of sp³-hybridized carbons (Fsp3) is 0.450. The molecule has 0 bridgehead atoms. The number of carboxylic acid groups (broad SMARTS) is 1. The zero-order chi connectivity index (χ0) is 22.2. The second-order valence-corrected chi connectivity index (χ2v) is 9.74. The van der Waals surface area contributed by atoms with Crippen LogP contribution in [0.4, 0.5) is 9.18 Å². The van der Waals surface area contributed by atoms with Gasteiger partial charge in [0, 0.05) is 32.2 Å². The molecule has 1 aromatic heterocycles. The normalized spacial score (nSPS) is 17.4. The molecule has 11 heteroatoms. The Labute approximate surface area is 178 Å². The molecule has 31 heavy (non-hydrogen) atoms. The summed E-state index contributed by atoms with van der Waals surface area (Å²) in [5.41, 5.74) is 0.648. The highest BCUT2D eigenvalue weighted by atomic mass is 32.2. The summed E-state index contributed by atoms with van der Waals surface area (Å²) < 4.78 is 49.5. The molecule has 2 aromatic rings. The van der Waals surface area contributed by atoms with E-state index in [1.165, 1.54) is 23.4 Å². The van der Waals surface area contributed by atoms with E-state index in [0.717, 1.165) is 25.2 Å². The third-order valence-corrected chi connectivity index (χ3v) is 6.44. The molecule has 0 spiro atoms. The van der Waals surface area contributed by atoms with E-state index in [2.05, 4.69) is 9.97 Å². The lowest BCUT2D eigenvalue weighted by Crippen LogP contribution is -2.41. The third kappa shape index (κ3) is 4.87. The van der Waals surface area contributed by atoms with E-state index in [0.29, 0.717) is 37.4 Å². The number of piperidine rings is 1. The summed E-state index contributed by atoms with van der Waals surface area (Å²) >= 11 is 0. The van der Waals surface area contributed by atoms with E-state index in [9.17, 15) is 17.6 Å². The van der Waals surface area contributed by atoms with Gasteiger partial charge < -0.3 is 19.5 Å².